The quantitative estimate of drug-likeness (QED) is 0.846. The Bertz CT molecular complexity index is 610. The highest BCUT2D eigenvalue weighted by atomic mass is 16.5. The molecule has 3 heterocycles. The Kier molecular flexibility index (Phi) is 2.67. The Morgan fingerprint density at radius 2 is 2.26 bits per heavy atom. The first kappa shape index (κ1) is 12.0. The van der Waals surface area contributed by atoms with E-state index < -0.39 is 5.41 Å². The molecule has 1 aliphatic rings. The summed E-state index contributed by atoms with van der Waals surface area (Å²) < 4.78 is 15.5. The third kappa shape index (κ3) is 1.76. The standard InChI is InChI=1S/C13H14N2O4/c1-8-3-4-10(19-8)9-5-14-11(15-9)13(6-18-7-13)12(16)17-2/h3-5H,6-7H2,1-2H3,(H,14,15). The van der Waals surface area contributed by atoms with Crippen LogP contribution in [-0.2, 0) is 19.7 Å². The van der Waals surface area contributed by atoms with Crippen LogP contribution in [0.25, 0.3) is 11.5 Å². The molecule has 0 radical (unpaired) electrons. The van der Waals surface area contributed by atoms with Crippen LogP contribution in [0.3, 0.4) is 0 Å². The molecule has 19 heavy (non-hydrogen) atoms. The Balaban J connectivity index is 1.94. The molecule has 2 aromatic heterocycles. The maximum absolute atomic E-state index is 11.9. The lowest BCUT2D eigenvalue weighted by atomic mass is 9.85. The molecule has 0 saturated carbocycles. The molecular weight excluding hydrogens is 248 g/mol. The molecule has 6 nitrogen and oxygen atoms in total. The van der Waals surface area contributed by atoms with Gasteiger partial charge in [-0.1, -0.05) is 0 Å². The van der Waals surface area contributed by atoms with E-state index >= 15 is 0 Å². The Labute approximate surface area is 109 Å². The number of furan rings is 1. The van der Waals surface area contributed by atoms with Crippen molar-refractivity contribution in [2.24, 2.45) is 0 Å². The van der Waals surface area contributed by atoms with Crippen LogP contribution >= 0.6 is 0 Å². The van der Waals surface area contributed by atoms with Crippen LogP contribution in [0.5, 0.6) is 0 Å². The summed E-state index contributed by atoms with van der Waals surface area (Å²) in [4.78, 5) is 19.3. The predicted octanol–water partition coefficient (Wildman–Crippen LogP) is 1.42. The molecule has 2 aromatic rings. The van der Waals surface area contributed by atoms with Gasteiger partial charge in [-0.05, 0) is 19.1 Å². The van der Waals surface area contributed by atoms with Crippen molar-refractivity contribution < 1.29 is 18.7 Å². The summed E-state index contributed by atoms with van der Waals surface area (Å²) in [6.07, 6.45) is 1.65. The molecule has 6 heteroatoms. The summed E-state index contributed by atoms with van der Waals surface area (Å²) in [5.41, 5.74) is -0.0764. The monoisotopic (exact) mass is 262 g/mol. The molecule has 0 amide bonds. The van der Waals surface area contributed by atoms with Gasteiger partial charge in [0.25, 0.3) is 0 Å². The van der Waals surface area contributed by atoms with Gasteiger partial charge >= 0.3 is 5.97 Å². The number of hydrogen-bond acceptors (Lipinski definition) is 5. The second-order valence-corrected chi connectivity index (χ2v) is 4.62. The van der Waals surface area contributed by atoms with Gasteiger partial charge in [0.05, 0.1) is 26.5 Å². The smallest absolute Gasteiger partial charge is 0.324 e. The fourth-order valence-corrected chi connectivity index (χ4v) is 2.12. The van der Waals surface area contributed by atoms with Crippen LogP contribution in [0.15, 0.2) is 22.7 Å². The Morgan fingerprint density at radius 1 is 1.47 bits per heavy atom. The van der Waals surface area contributed by atoms with Crippen LogP contribution in [0.4, 0.5) is 0 Å². The number of hydrogen-bond donors (Lipinski definition) is 1. The second kappa shape index (κ2) is 4.24. The van der Waals surface area contributed by atoms with Crippen molar-refractivity contribution >= 4 is 5.97 Å². The van der Waals surface area contributed by atoms with E-state index in [1.54, 1.807) is 6.20 Å². The topological polar surface area (TPSA) is 77.4 Å². The van der Waals surface area contributed by atoms with Gasteiger partial charge in [-0.2, -0.15) is 0 Å². The van der Waals surface area contributed by atoms with Gasteiger partial charge in [-0.3, -0.25) is 4.79 Å². The lowest BCUT2D eigenvalue weighted by molar-refractivity contribution is -0.167. The maximum Gasteiger partial charge on any atom is 0.324 e. The fraction of sp³-hybridized carbons (Fsp3) is 0.385. The first-order chi connectivity index (χ1) is 9.15. The van der Waals surface area contributed by atoms with Crippen molar-refractivity contribution in [3.05, 3.63) is 29.9 Å². The first-order valence-corrected chi connectivity index (χ1v) is 5.94. The number of aromatic amines is 1. The van der Waals surface area contributed by atoms with Crippen LogP contribution in [-0.4, -0.2) is 36.3 Å². The summed E-state index contributed by atoms with van der Waals surface area (Å²) in [7, 11) is 1.36. The number of aryl methyl sites for hydroxylation is 1. The minimum atomic E-state index is -0.811. The van der Waals surface area contributed by atoms with E-state index in [0.717, 1.165) is 11.5 Å². The van der Waals surface area contributed by atoms with E-state index in [0.29, 0.717) is 11.6 Å². The number of esters is 1. The van der Waals surface area contributed by atoms with E-state index in [-0.39, 0.29) is 19.2 Å². The fourth-order valence-electron chi connectivity index (χ4n) is 2.12. The number of rotatable bonds is 3. The highest BCUT2D eigenvalue weighted by Gasteiger charge is 2.51. The average Bonchev–Trinajstić information content (AvgIpc) is 2.96. The van der Waals surface area contributed by atoms with Gasteiger partial charge in [-0.25, -0.2) is 4.98 Å². The number of aromatic nitrogens is 2. The Hall–Kier alpha value is -2.08. The zero-order valence-electron chi connectivity index (χ0n) is 10.7. The van der Waals surface area contributed by atoms with Gasteiger partial charge in [0.2, 0.25) is 0 Å². The number of imidazole rings is 1. The van der Waals surface area contributed by atoms with Gasteiger partial charge in [0, 0.05) is 0 Å². The molecule has 3 rings (SSSR count). The van der Waals surface area contributed by atoms with Gasteiger partial charge in [0.15, 0.2) is 11.2 Å². The third-order valence-electron chi connectivity index (χ3n) is 3.31. The van der Waals surface area contributed by atoms with Crippen molar-refractivity contribution in [1.29, 1.82) is 0 Å². The zero-order chi connectivity index (χ0) is 13.5. The third-order valence-corrected chi connectivity index (χ3v) is 3.31. The number of nitrogens with one attached hydrogen (secondary N) is 1. The second-order valence-electron chi connectivity index (χ2n) is 4.62. The van der Waals surface area contributed by atoms with Crippen molar-refractivity contribution in [2.45, 2.75) is 12.3 Å². The van der Waals surface area contributed by atoms with E-state index in [1.165, 1.54) is 7.11 Å². The van der Waals surface area contributed by atoms with Crippen molar-refractivity contribution in [1.82, 2.24) is 9.97 Å². The molecule has 0 bridgehead atoms. The molecule has 0 atom stereocenters. The summed E-state index contributed by atoms with van der Waals surface area (Å²) >= 11 is 0. The van der Waals surface area contributed by atoms with E-state index in [4.69, 9.17) is 13.9 Å². The van der Waals surface area contributed by atoms with Crippen LogP contribution in [0, 0.1) is 6.92 Å². The number of carbonyl (C=O) groups is 1. The molecule has 0 aliphatic carbocycles. The lowest BCUT2D eigenvalue weighted by Gasteiger charge is -2.36. The number of carbonyl (C=O) groups excluding carboxylic acids is 1. The molecule has 100 valence electrons. The summed E-state index contributed by atoms with van der Waals surface area (Å²) in [6.45, 7) is 2.43. The molecule has 1 N–H and O–H groups in total. The van der Waals surface area contributed by atoms with Crippen LogP contribution in [0.2, 0.25) is 0 Å². The van der Waals surface area contributed by atoms with Gasteiger partial charge in [-0.15, -0.1) is 0 Å². The number of methoxy groups -OCH3 is 1. The van der Waals surface area contributed by atoms with Gasteiger partial charge in [0.1, 0.15) is 17.3 Å². The molecule has 1 saturated heterocycles. The number of nitrogens with zero attached hydrogens (tertiary/aromatic N) is 1. The SMILES string of the molecule is COC(=O)C1(c2ncc(-c3ccc(C)o3)[nH]2)COC1. The first-order valence-electron chi connectivity index (χ1n) is 5.94. The largest absolute Gasteiger partial charge is 0.468 e. The van der Waals surface area contributed by atoms with Gasteiger partial charge < -0.3 is 18.9 Å². The molecule has 1 aliphatic heterocycles. The molecular formula is C13H14N2O4. The maximum atomic E-state index is 11.9. The Morgan fingerprint density at radius 3 is 2.79 bits per heavy atom. The molecule has 1 fully saturated rings. The van der Waals surface area contributed by atoms with Crippen LogP contribution in [0.1, 0.15) is 11.6 Å². The van der Waals surface area contributed by atoms with E-state index in [1.807, 2.05) is 19.1 Å². The van der Waals surface area contributed by atoms with Crippen molar-refractivity contribution in [2.75, 3.05) is 20.3 Å². The molecule has 0 unspecified atom stereocenters. The summed E-state index contributed by atoms with van der Waals surface area (Å²) in [6, 6.07) is 3.73. The highest BCUT2D eigenvalue weighted by Crippen LogP contribution is 2.33. The highest BCUT2D eigenvalue weighted by molar-refractivity contribution is 5.83. The normalized spacial score (nSPS) is 16.9. The number of ether oxygens (including phenoxy) is 2. The number of H-pyrrole nitrogens is 1. The van der Waals surface area contributed by atoms with E-state index in [2.05, 4.69) is 9.97 Å². The van der Waals surface area contributed by atoms with Crippen molar-refractivity contribution in [3.63, 3.8) is 0 Å². The minimum absolute atomic E-state index is 0.282. The predicted molar refractivity (Wildman–Crippen MR) is 65.5 cm³/mol. The zero-order valence-corrected chi connectivity index (χ0v) is 10.7. The van der Waals surface area contributed by atoms with Crippen molar-refractivity contribution in [3.8, 4) is 11.5 Å². The lowest BCUT2D eigenvalue weighted by Crippen LogP contribution is -2.54. The summed E-state index contributed by atoms with van der Waals surface area (Å²) in [5.74, 6) is 1.72. The average molecular weight is 262 g/mol. The molecule has 0 aromatic carbocycles. The minimum Gasteiger partial charge on any atom is -0.468 e. The molecule has 0 spiro atoms. The summed E-state index contributed by atoms with van der Waals surface area (Å²) in [5, 5.41) is 0. The van der Waals surface area contributed by atoms with E-state index in [9.17, 15) is 4.79 Å². The van der Waals surface area contributed by atoms with Crippen LogP contribution < -0.4 is 0 Å².